The summed E-state index contributed by atoms with van der Waals surface area (Å²) < 4.78 is 2.34. The van der Waals surface area contributed by atoms with Gasteiger partial charge in [0.15, 0.2) is 0 Å². The normalized spacial score (nSPS) is 24.7. The zero-order valence-electron chi connectivity index (χ0n) is 14.3. The van der Waals surface area contributed by atoms with Crippen molar-refractivity contribution in [3.05, 3.63) is 18.2 Å². The molecule has 0 radical (unpaired) electrons. The van der Waals surface area contributed by atoms with E-state index in [1.165, 1.54) is 31.5 Å². The zero-order chi connectivity index (χ0) is 15.4. The van der Waals surface area contributed by atoms with Crippen LogP contribution in [0.2, 0.25) is 0 Å². The minimum Gasteiger partial charge on any atom is -0.331 e. The summed E-state index contributed by atoms with van der Waals surface area (Å²) in [4.78, 5) is 6.97. The topological polar surface area (TPSA) is 33.1 Å². The van der Waals surface area contributed by atoms with E-state index >= 15 is 0 Å². The van der Waals surface area contributed by atoms with E-state index in [1.54, 1.807) is 0 Å². The van der Waals surface area contributed by atoms with E-state index in [0.29, 0.717) is 24.0 Å². The predicted octanol–water partition coefficient (Wildman–Crippen LogP) is 3.24. The van der Waals surface area contributed by atoms with Crippen LogP contribution in [0.5, 0.6) is 0 Å². The molecule has 0 bridgehead atoms. The summed E-state index contributed by atoms with van der Waals surface area (Å²) in [6.07, 6.45) is 8.01. The second kappa shape index (κ2) is 7.41. The standard InChI is InChI=1S/C17H32N4/c1-13(2)19-10-15-8-6-7-9-20(5)17(15)16-11-18-12-21(16)14(3)4/h11-15,17,19H,6-10H2,1-5H3. The van der Waals surface area contributed by atoms with Gasteiger partial charge in [-0.25, -0.2) is 4.98 Å². The molecule has 1 N–H and O–H groups in total. The van der Waals surface area contributed by atoms with Gasteiger partial charge in [0.2, 0.25) is 0 Å². The maximum absolute atomic E-state index is 4.43. The molecular formula is C17H32N4. The van der Waals surface area contributed by atoms with Gasteiger partial charge in [-0.1, -0.05) is 20.3 Å². The molecule has 2 rings (SSSR count). The summed E-state index contributed by atoms with van der Waals surface area (Å²) in [5.74, 6) is 0.661. The first kappa shape index (κ1) is 16.5. The lowest BCUT2D eigenvalue weighted by Gasteiger charge is -2.34. The van der Waals surface area contributed by atoms with E-state index in [1.807, 2.05) is 6.33 Å². The Morgan fingerprint density at radius 3 is 2.71 bits per heavy atom. The highest BCUT2D eigenvalue weighted by Crippen LogP contribution is 2.34. The van der Waals surface area contributed by atoms with Gasteiger partial charge in [-0.15, -0.1) is 0 Å². The lowest BCUT2D eigenvalue weighted by atomic mass is 9.92. The smallest absolute Gasteiger partial charge is 0.0951 e. The molecule has 4 heteroatoms. The molecule has 0 saturated carbocycles. The van der Waals surface area contributed by atoms with Gasteiger partial charge in [-0.05, 0) is 46.2 Å². The fourth-order valence-corrected chi connectivity index (χ4v) is 3.47. The second-order valence-corrected chi connectivity index (χ2v) is 7.06. The van der Waals surface area contributed by atoms with E-state index in [-0.39, 0.29) is 0 Å². The first-order chi connectivity index (χ1) is 10.0. The Balaban J connectivity index is 2.25. The Kier molecular flexibility index (Phi) is 5.82. The fourth-order valence-electron chi connectivity index (χ4n) is 3.47. The molecule has 1 fully saturated rings. The highest BCUT2D eigenvalue weighted by molar-refractivity contribution is 5.09. The van der Waals surface area contributed by atoms with E-state index in [0.717, 1.165) is 6.54 Å². The summed E-state index contributed by atoms with van der Waals surface area (Å²) in [5, 5.41) is 3.65. The largest absolute Gasteiger partial charge is 0.331 e. The van der Waals surface area contributed by atoms with Crippen LogP contribution in [0.15, 0.2) is 12.5 Å². The molecule has 1 aliphatic rings. The van der Waals surface area contributed by atoms with Gasteiger partial charge in [0.25, 0.3) is 0 Å². The lowest BCUT2D eigenvalue weighted by molar-refractivity contribution is 0.177. The highest BCUT2D eigenvalue weighted by Gasteiger charge is 2.31. The number of imidazole rings is 1. The molecule has 1 aromatic rings. The third-order valence-electron chi connectivity index (χ3n) is 4.60. The molecule has 2 heterocycles. The van der Waals surface area contributed by atoms with Gasteiger partial charge < -0.3 is 9.88 Å². The number of hydrogen-bond donors (Lipinski definition) is 1. The Labute approximate surface area is 129 Å². The van der Waals surface area contributed by atoms with Crippen molar-refractivity contribution in [2.75, 3.05) is 20.1 Å². The van der Waals surface area contributed by atoms with Crippen molar-refractivity contribution in [1.82, 2.24) is 19.8 Å². The van der Waals surface area contributed by atoms with Gasteiger partial charge in [0.1, 0.15) is 0 Å². The third-order valence-corrected chi connectivity index (χ3v) is 4.60. The highest BCUT2D eigenvalue weighted by atomic mass is 15.2. The van der Waals surface area contributed by atoms with Crippen LogP contribution in [0.4, 0.5) is 0 Å². The fraction of sp³-hybridized carbons (Fsp3) is 0.824. The second-order valence-electron chi connectivity index (χ2n) is 7.06. The maximum Gasteiger partial charge on any atom is 0.0951 e. The first-order valence-corrected chi connectivity index (χ1v) is 8.46. The van der Waals surface area contributed by atoms with Crippen molar-refractivity contribution < 1.29 is 0 Å². The van der Waals surface area contributed by atoms with Crippen molar-refractivity contribution in [2.24, 2.45) is 5.92 Å². The molecule has 0 amide bonds. The van der Waals surface area contributed by atoms with E-state index in [4.69, 9.17) is 0 Å². The molecule has 4 nitrogen and oxygen atoms in total. The minimum absolute atomic E-state index is 0.470. The summed E-state index contributed by atoms with van der Waals surface area (Å²) in [6, 6.07) is 1.50. The summed E-state index contributed by atoms with van der Waals surface area (Å²) in [7, 11) is 2.27. The molecule has 1 aromatic heterocycles. The quantitative estimate of drug-likeness (QED) is 0.904. The monoisotopic (exact) mass is 292 g/mol. The summed E-state index contributed by atoms with van der Waals surface area (Å²) in [6.45, 7) is 11.2. The summed E-state index contributed by atoms with van der Waals surface area (Å²) in [5.41, 5.74) is 1.38. The van der Waals surface area contributed by atoms with Crippen molar-refractivity contribution in [2.45, 2.75) is 65.1 Å². The maximum atomic E-state index is 4.43. The van der Waals surface area contributed by atoms with Crippen LogP contribution in [-0.4, -0.2) is 40.6 Å². The van der Waals surface area contributed by atoms with E-state index < -0.39 is 0 Å². The van der Waals surface area contributed by atoms with E-state index in [2.05, 4.69) is 60.7 Å². The predicted molar refractivity (Wildman–Crippen MR) is 88.5 cm³/mol. The number of nitrogens with zero attached hydrogens (tertiary/aromatic N) is 3. The number of hydrogen-bond acceptors (Lipinski definition) is 3. The summed E-state index contributed by atoms with van der Waals surface area (Å²) >= 11 is 0. The van der Waals surface area contributed by atoms with Crippen molar-refractivity contribution in [1.29, 1.82) is 0 Å². The SMILES string of the molecule is CC(C)NCC1CCCCN(C)C1c1cncn1C(C)C. The van der Waals surface area contributed by atoms with Gasteiger partial charge in [-0.2, -0.15) is 0 Å². The van der Waals surface area contributed by atoms with Crippen LogP contribution >= 0.6 is 0 Å². The Morgan fingerprint density at radius 1 is 1.29 bits per heavy atom. The third kappa shape index (κ3) is 4.07. The molecule has 120 valence electrons. The van der Waals surface area contributed by atoms with Crippen LogP contribution < -0.4 is 5.32 Å². The average Bonchev–Trinajstić information content (AvgIpc) is 2.82. The van der Waals surface area contributed by atoms with Gasteiger partial charge >= 0.3 is 0 Å². The first-order valence-electron chi connectivity index (χ1n) is 8.46. The molecule has 21 heavy (non-hydrogen) atoms. The lowest BCUT2D eigenvalue weighted by Crippen LogP contribution is -2.38. The van der Waals surface area contributed by atoms with E-state index in [9.17, 15) is 0 Å². The van der Waals surface area contributed by atoms with Gasteiger partial charge in [0.05, 0.1) is 18.1 Å². The zero-order valence-corrected chi connectivity index (χ0v) is 14.3. The molecule has 0 aliphatic carbocycles. The van der Waals surface area contributed by atoms with Crippen LogP contribution in [0, 0.1) is 5.92 Å². The van der Waals surface area contributed by atoms with Gasteiger partial charge in [0, 0.05) is 24.8 Å². The molecule has 2 unspecified atom stereocenters. The van der Waals surface area contributed by atoms with Crippen molar-refractivity contribution in [3.8, 4) is 0 Å². The molecule has 1 saturated heterocycles. The number of rotatable bonds is 5. The number of nitrogens with one attached hydrogen (secondary N) is 1. The molecule has 0 spiro atoms. The van der Waals surface area contributed by atoms with Crippen LogP contribution in [0.25, 0.3) is 0 Å². The van der Waals surface area contributed by atoms with Crippen LogP contribution in [-0.2, 0) is 0 Å². The van der Waals surface area contributed by atoms with Gasteiger partial charge in [-0.3, -0.25) is 4.90 Å². The molecular weight excluding hydrogens is 260 g/mol. The van der Waals surface area contributed by atoms with Crippen LogP contribution in [0.3, 0.4) is 0 Å². The Hall–Kier alpha value is -0.870. The molecule has 0 aromatic carbocycles. The molecule has 1 aliphatic heterocycles. The van der Waals surface area contributed by atoms with Crippen molar-refractivity contribution in [3.63, 3.8) is 0 Å². The molecule has 2 atom stereocenters. The Bertz CT molecular complexity index is 424. The Morgan fingerprint density at radius 2 is 2.05 bits per heavy atom. The average molecular weight is 292 g/mol. The number of likely N-dealkylation sites (tertiary alicyclic amines) is 1. The van der Waals surface area contributed by atoms with Crippen LogP contribution in [0.1, 0.15) is 64.7 Å². The minimum atomic E-state index is 0.470. The van der Waals surface area contributed by atoms with Crippen molar-refractivity contribution >= 4 is 0 Å². The number of aromatic nitrogens is 2.